The summed E-state index contributed by atoms with van der Waals surface area (Å²) < 4.78 is 12.0. The van der Waals surface area contributed by atoms with Crippen LogP contribution in [0.5, 0.6) is 11.5 Å². The fraction of sp³-hybridized carbons (Fsp3) is 0.429. The molecule has 3 amide bonds. The number of benzene rings is 2. The van der Waals surface area contributed by atoms with Gasteiger partial charge in [0.25, 0.3) is 18.3 Å². The van der Waals surface area contributed by atoms with Gasteiger partial charge in [-0.25, -0.2) is 0 Å². The molecule has 10 heteroatoms. The first-order valence-corrected chi connectivity index (χ1v) is 12.5. The number of rotatable bonds is 0. The quantitative estimate of drug-likeness (QED) is 0.450. The SMILES string of the molecule is Cc1ccc2cc1OCC(=O)NCc1ccc(cc1)O[C@H]1CCN(C(=O)C(C)(C)C)C[C@@H]1NC2=O.O=CO. The van der Waals surface area contributed by atoms with Crippen molar-refractivity contribution in [3.63, 3.8) is 0 Å². The van der Waals surface area contributed by atoms with E-state index in [-0.39, 0.29) is 36.9 Å². The van der Waals surface area contributed by atoms with Crippen LogP contribution < -0.4 is 20.1 Å². The van der Waals surface area contributed by atoms with Crippen molar-refractivity contribution in [1.29, 1.82) is 0 Å². The number of likely N-dealkylation sites (tertiary alicyclic amines) is 1. The van der Waals surface area contributed by atoms with Crippen molar-refractivity contribution in [3.8, 4) is 11.5 Å². The van der Waals surface area contributed by atoms with Gasteiger partial charge in [0.2, 0.25) is 5.91 Å². The van der Waals surface area contributed by atoms with Gasteiger partial charge in [0, 0.05) is 37.0 Å². The number of hydrogen-bond acceptors (Lipinski definition) is 6. The molecule has 4 bridgehead atoms. The van der Waals surface area contributed by atoms with Gasteiger partial charge in [-0.3, -0.25) is 19.2 Å². The number of amides is 3. The summed E-state index contributed by atoms with van der Waals surface area (Å²) in [4.78, 5) is 48.6. The number of fused-ring (bicyclic) bond motifs is 7. The molecule has 0 unspecified atom stereocenters. The van der Waals surface area contributed by atoms with Crippen molar-refractivity contribution in [2.24, 2.45) is 5.41 Å². The standard InChI is InChI=1S/C27H33N3O5.CH2O2/c1-17-5-8-19-13-23(17)34-16-24(31)28-14-18-6-9-20(10-7-18)35-22-11-12-30(26(33)27(2,3)4)15-21(22)29-25(19)32;2-1-3/h5-10,13,21-22H,11-12,14-16H2,1-4H3,(H,28,31)(H,29,32);1H,(H,2,3)/t21-,22-;/m0./s1. The Hall–Kier alpha value is -4.08. The summed E-state index contributed by atoms with van der Waals surface area (Å²) in [6, 6.07) is 12.3. The number of hydrogen-bond donors (Lipinski definition) is 3. The summed E-state index contributed by atoms with van der Waals surface area (Å²) in [5.41, 5.74) is 1.66. The zero-order valence-corrected chi connectivity index (χ0v) is 22.2. The summed E-state index contributed by atoms with van der Waals surface area (Å²) in [6.07, 6.45) is 0.290. The second kappa shape index (κ2) is 12.4. The number of carboxylic acid groups (broad SMARTS) is 1. The van der Waals surface area contributed by atoms with E-state index in [0.29, 0.717) is 43.1 Å². The summed E-state index contributed by atoms with van der Waals surface area (Å²) in [5, 5.41) is 12.8. The lowest BCUT2D eigenvalue weighted by Gasteiger charge is -2.41. The van der Waals surface area contributed by atoms with Gasteiger partial charge in [-0.2, -0.15) is 0 Å². The predicted octanol–water partition coefficient (Wildman–Crippen LogP) is 2.53. The van der Waals surface area contributed by atoms with Crippen LogP contribution in [0.2, 0.25) is 0 Å². The molecule has 2 aromatic carbocycles. The van der Waals surface area contributed by atoms with E-state index in [4.69, 9.17) is 19.4 Å². The molecule has 0 saturated carbocycles. The average Bonchev–Trinajstić information content (AvgIpc) is 2.88. The van der Waals surface area contributed by atoms with E-state index in [2.05, 4.69) is 10.6 Å². The van der Waals surface area contributed by atoms with E-state index in [1.807, 2.05) is 52.0 Å². The number of nitrogens with zero attached hydrogens (tertiary/aromatic N) is 1. The van der Waals surface area contributed by atoms with Gasteiger partial charge in [-0.05, 0) is 42.3 Å². The molecule has 3 aliphatic heterocycles. The first-order chi connectivity index (χ1) is 18.0. The van der Waals surface area contributed by atoms with Crippen LogP contribution in [0, 0.1) is 12.3 Å². The molecule has 0 spiro atoms. The molecule has 2 atom stereocenters. The highest BCUT2D eigenvalue weighted by Gasteiger charge is 2.37. The molecule has 0 aliphatic carbocycles. The molecule has 204 valence electrons. The second-order valence-electron chi connectivity index (χ2n) is 10.3. The number of aryl methyl sites for hydroxylation is 1. The predicted molar refractivity (Wildman–Crippen MR) is 140 cm³/mol. The van der Waals surface area contributed by atoms with Crippen LogP contribution in [0.4, 0.5) is 0 Å². The molecule has 2 aromatic rings. The van der Waals surface area contributed by atoms with E-state index in [1.165, 1.54) is 0 Å². The van der Waals surface area contributed by atoms with Crippen molar-refractivity contribution in [2.45, 2.75) is 52.8 Å². The average molecular weight is 526 g/mol. The fourth-order valence-corrected chi connectivity index (χ4v) is 4.27. The third kappa shape index (κ3) is 7.47. The molecule has 0 radical (unpaired) electrons. The van der Waals surface area contributed by atoms with Gasteiger partial charge in [-0.1, -0.05) is 39.0 Å². The van der Waals surface area contributed by atoms with Crippen LogP contribution in [0.3, 0.4) is 0 Å². The largest absolute Gasteiger partial charge is 0.488 e. The first kappa shape index (κ1) is 28.5. The van der Waals surface area contributed by atoms with Crippen LogP contribution in [0.15, 0.2) is 42.5 Å². The Morgan fingerprint density at radius 2 is 1.82 bits per heavy atom. The molecule has 0 aromatic heterocycles. The van der Waals surface area contributed by atoms with Crippen LogP contribution in [0.1, 0.15) is 48.7 Å². The summed E-state index contributed by atoms with van der Waals surface area (Å²) >= 11 is 0. The van der Waals surface area contributed by atoms with Gasteiger partial charge in [-0.15, -0.1) is 0 Å². The number of carbonyl (C=O) groups is 4. The number of ether oxygens (including phenoxy) is 2. The van der Waals surface area contributed by atoms with Crippen molar-refractivity contribution in [1.82, 2.24) is 15.5 Å². The zero-order chi connectivity index (χ0) is 27.9. The Labute approximate surface area is 222 Å². The minimum Gasteiger partial charge on any atom is -0.488 e. The molecule has 3 N–H and O–H groups in total. The van der Waals surface area contributed by atoms with E-state index in [0.717, 1.165) is 11.1 Å². The van der Waals surface area contributed by atoms with Crippen molar-refractivity contribution in [3.05, 3.63) is 59.2 Å². The summed E-state index contributed by atoms with van der Waals surface area (Å²) in [6.45, 7) is 8.43. The monoisotopic (exact) mass is 525 g/mol. The van der Waals surface area contributed by atoms with Crippen molar-refractivity contribution >= 4 is 24.2 Å². The van der Waals surface area contributed by atoms with Gasteiger partial charge >= 0.3 is 0 Å². The van der Waals surface area contributed by atoms with Crippen LogP contribution in [-0.2, 0) is 20.9 Å². The third-order valence-electron chi connectivity index (χ3n) is 6.30. The highest BCUT2D eigenvalue weighted by atomic mass is 16.5. The highest BCUT2D eigenvalue weighted by molar-refractivity contribution is 5.95. The Balaban J connectivity index is 0.00000127. The second-order valence-corrected chi connectivity index (χ2v) is 10.3. The number of nitrogens with one attached hydrogen (secondary N) is 2. The van der Waals surface area contributed by atoms with E-state index < -0.39 is 11.5 Å². The van der Waals surface area contributed by atoms with Crippen molar-refractivity contribution < 1.29 is 33.8 Å². The minimum atomic E-state index is -0.515. The molecular weight excluding hydrogens is 490 g/mol. The summed E-state index contributed by atoms with van der Waals surface area (Å²) in [7, 11) is 0. The van der Waals surface area contributed by atoms with Gasteiger partial charge in [0.1, 0.15) is 17.6 Å². The molecule has 10 nitrogen and oxygen atoms in total. The normalized spacial score (nSPS) is 19.7. The van der Waals surface area contributed by atoms with E-state index in [9.17, 15) is 14.4 Å². The maximum absolute atomic E-state index is 13.2. The Morgan fingerprint density at radius 3 is 2.47 bits per heavy atom. The first-order valence-electron chi connectivity index (χ1n) is 12.5. The molecule has 5 rings (SSSR count). The van der Waals surface area contributed by atoms with Crippen LogP contribution in [0.25, 0.3) is 0 Å². The Bertz CT molecular complexity index is 1160. The molecule has 1 saturated heterocycles. The van der Waals surface area contributed by atoms with E-state index in [1.54, 1.807) is 23.1 Å². The zero-order valence-electron chi connectivity index (χ0n) is 22.2. The molecular formula is C28H35N3O7. The number of piperidine rings is 1. The van der Waals surface area contributed by atoms with Crippen LogP contribution >= 0.6 is 0 Å². The fourth-order valence-electron chi connectivity index (χ4n) is 4.27. The lowest BCUT2D eigenvalue weighted by molar-refractivity contribution is -0.142. The molecule has 38 heavy (non-hydrogen) atoms. The lowest BCUT2D eigenvalue weighted by Crippen LogP contribution is -2.59. The van der Waals surface area contributed by atoms with Gasteiger partial charge in [0.15, 0.2) is 6.61 Å². The van der Waals surface area contributed by atoms with Gasteiger partial charge in [0.05, 0.1) is 6.04 Å². The highest BCUT2D eigenvalue weighted by Crippen LogP contribution is 2.25. The molecule has 1 fully saturated rings. The lowest BCUT2D eigenvalue weighted by atomic mass is 9.92. The van der Waals surface area contributed by atoms with E-state index >= 15 is 0 Å². The third-order valence-corrected chi connectivity index (χ3v) is 6.30. The molecule has 3 aliphatic rings. The maximum atomic E-state index is 13.2. The summed E-state index contributed by atoms with van der Waals surface area (Å²) in [5.74, 6) is 0.648. The smallest absolute Gasteiger partial charge is 0.290 e. The van der Waals surface area contributed by atoms with Gasteiger partial charge < -0.3 is 30.1 Å². The topological polar surface area (TPSA) is 134 Å². The van der Waals surface area contributed by atoms with Crippen LogP contribution in [-0.4, -0.2) is 66.0 Å². The minimum absolute atomic E-state index is 0.0427. The Morgan fingerprint density at radius 1 is 1.13 bits per heavy atom. The Kier molecular flexibility index (Phi) is 9.33. The number of carbonyl (C=O) groups excluding carboxylic acids is 3. The van der Waals surface area contributed by atoms with Crippen molar-refractivity contribution in [2.75, 3.05) is 19.7 Å². The maximum Gasteiger partial charge on any atom is 0.290 e. The molecule has 3 heterocycles.